The monoisotopic (exact) mass is 340 g/mol. The summed E-state index contributed by atoms with van der Waals surface area (Å²) in [6, 6.07) is 5.72. The molecule has 2 heterocycles. The quantitative estimate of drug-likeness (QED) is 0.694. The molecule has 0 saturated carbocycles. The SMILES string of the molecule is CCOc1cccc2[nH]cc(CC(=O)N[C@@H](C)c3nccn3CC)c12. The Morgan fingerprint density at radius 1 is 1.40 bits per heavy atom. The first-order valence-corrected chi connectivity index (χ1v) is 8.66. The number of hydrogen-bond donors (Lipinski definition) is 2. The lowest BCUT2D eigenvalue weighted by Crippen LogP contribution is -2.29. The second-order valence-electron chi connectivity index (χ2n) is 5.96. The highest BCUT2D eigenvalue weighted by molar-refractivity contribution is 5.93. The molecule has 6 heteroatoms. The van der Waals surface area contributed by atoms with Crippen LogP contribution in [0.25, 0.3) is 10.9 Å². The van der Waals surface area contributed by atoms with Crippen LogP contribution in [0.5, 0.6) is 5.75 Å². The molecule has 0 aliphatic rings. The molecule has 2 aromatic heterocycles. The number of H-pyrrole nitrogens is 1. The number of ether oxygens (including phenoxy) is 1. The topological polar surface area (TPSA) is 71.9 Å². The van der Waals surface area contributed by atoms with Crippen molar-refractivity contribution in [3.63, 3.8) is 0 Å². The smallest absolute Gasteiger partial charge is 0.225 e. The lowest BCUT2D eigenvalue weighted by atomic mass is 10.1. The maximum absolute atomic E-state index is 12.5. The van der Waals surface area contributed by atoms with Gasteiger partial charge in [-0.2, -0.15) is 0 Å². The fraction of sp³-hybridized carbons (Fsp3) is 0.368. The van der Waals surface area contributed by atoms with Crippen molar-refractivity contribution in [1.29, 1.82) is 0 Å². The minimum Gasteiger partial charge on any atom is -0.493 e. The summed E-state index contributed by atoms with van der Waals surface area (Å²) in [5.74, 6) is 1.63. The van der Waals surface area contributed by atoms with Gasteiger partial charge in [-0.15, -0.1) is 0 Å². The average Bonchev–Trinajstić information content (AvgIpc) is 3.22. The molecule has 25 heavy (non-hydrogen) atoms. The van der Waals surface area contributed by atoms with Crippen molar-refractivity contribution < 1.29 is 9.53 Å². The highest BCUT2D eigenvalue weighted by Crippen LogP contribution is 2.29. The van der Waals surface area contributed by atoms with Crippen LogP contribution in [0.15, 0.2) is 36.8 Å². The van der Waals surface area contributed by atoms with E-state index in [9.17, 15) is 4.79 Å². The zero-order valence-electron chi connectivity index (χ0n) is 14.9. The molecule has 0 saturated heterocycles. The van der Waals surface area contributed by atoms with Gasteiger partial charge in [0.15, 0.2) is 0 Å². The van der Waals surface area contributed by atoms with Gasteiger partial charge in [-0.05, 0) is 38.5 Å². The minimum atomic E-state index is -0.140. The Bertz CT molecular complexity index is 865. The van der Waals surface area contributed by atoms with Crippen molar-refractivity contribution in [3.8, 4) is 5.75 Å². The predicted octanol–water partition coefficient (Wildman–Crippen LogP) is 3.20. The lowest BCUT2D eigenvalue weighted by molar-refractivity contribution is -0.121. The Hall–Kier alpha value is -2.76. The average molecular weight is 340 g/mol. The molecule has 1 aromatic carbocycles. The Balaban J connectivity index is 1.76. The number of rotatable bonds is 7. The van der Waals surface area contributed by atoms with Gasteiger partial charge < -0.3 is 19.6 Å². The van der Waals surface area contributed by atoms with E-state index in [2.05, 4.69) is 22.2 Å². The van der Waals surface area contributed by atoms with Gasteiger partial charge in [0, 0.05) is 36.0 Å². The standard InChI is InChI=1S/C19H24N4O2/c1-4-23-10-9-20-19(23)13(3)22-17(24)11-14-12-21-15-7-6-8-16(18(14)15)25-5-2/h6-10,12-13,21H,4-5,11H2,1-3H3,(H,22,24)/t13-/m0/s1. The molecule has 132 valence electrons. The fourth-order valence-electron chi connectivity index (χ4n) is 3.13. The van der Waals surface area contributed by atoms with E-state index in [1.807, 2.05) is 49.0 Å². The molecule has 0 radical (unpaired) electrons. The lowest BCUT2D eigenvalue weighted by Gasteiger charge is -2.15. The highest BCUT2D eigenvalue weighted by atomic mass is 16.5. The molecule has 2 N–H and O–H groups in total. The van der Waals surface area contributed by atoms with E-state index in [1.165, 1.54) is 0 Å². The molecular formula is C19H24N4O2. The van der Waals surface area contributed by atoms with E-state index in [1.54, 1.807) is 6.20 Å². The normalized spacial score (nSPS) is 12.3. The number of hydrogen-bond acceptors (Lipinski definition) is 3. The van der Waals surface area contributed by atoms with E-state index in [-0.39, 0.29) is 11.9 Å². The number of fused-ring (bicyclic) bond motifs is 1. The third-order valence-corrected chi connectivity index (χ3v) is 4.25. The molecule has 0 unspecified atom stereocenters. The minimum absolute atomic E-state index is 0.0367. The van der Waals surface area contributed by atoms with Crippen LogP contribution in [0.2, 0.25) is 0 Å². The van der Waals surface area contributed by atoms with Crippen molar-refractivity contribution >= 4 is 16.8 Å². The fourth-order valence-corrected chi connectivity index (χ4v) is 3.13. The Morgan fingerprint density at radius 3 is 3.00 bits per heavy atom. The Morgan fingerprint density at radius 2 is 2.24 bits per heavy atom. The van der Waals surface area contributed by atoms with E-state index >= 15 is 0 Å². The Kier molecular flexibility index (Phi) is 5.07. The van der Waals surface area contributed by atoms with Crippen molar-refractivity contribution in [2.24, 2.45) is 0 Å². The summed E-state index contributed by atoms with van der Waals surface area (Å²) in [5.41, 5.74) is 1.91. The van der Waals surface area contributed by atoms with E-state index in [4.69, 9.17) is 4.74 Å². The molecule has 0 bridgehead atoms. The maximum Gasteiger partial charge on any atom is 0.225 e. The van der Waals surface area contributed by atoms with Crippen LogP contribution >= 0.6 is 0 Å². The van der Waals surface area contributed by atoms with Gasteiger partial charge in [0.2, 0.25) is 5.91 Å². The summed E-state index contributed by atoms with van der Waals surface area (Å²) in [6.45, 7) is 7.38. The molecule has 0 fully saturated rings. The number of aryl methyl sites for hydroxylation is 1. The molecule has 0 aliphatic carbocycles. The third kappa shape index (κ3) is 3.52. The molecular weight excluding hydrogens is 316 g/mol. The third-order valence-electron chi connectivity index (χ3n) is 4.25. The molecule has 3 rings (SSSR count). The van der Waals surface area contributed by atoms with Crippen molar-refractivity contribution in [2.45, 2.75) is 39.8 Å². The first-order valence-electron chi connectivity index (χ1n) is 8.66. The van der Waals surface area contributed by atoms with Crippen molar-refractivity contribution in [1.82, 2.24) is 19.9 Å². The first kappa shape index (κ1) is 17.1. The molecule has 6 nitrogen and oxygen atoms in total. The van der Waals surface area contributed by atoms with Crippen molar-refractivity contribution in [2.75, 3.05) is 6.61 Å². The molecule has 0 spiro atoms. The number of nitrogens with one attached hydrogen (secondary N) is 2. The van der Waals surface area contributed by atoms with Gasteiger partial charge in [-0.1, -0.05) is 6.07 Å². The highest BCUT2D eigenvalue weighted by Gasteiger charge is 2.17. The van der Waals surface area contributed by atoms with Crippen LogP contribution in [0.1, 0.15) is 38.2 Å². The molecule has 0 aliphatic heterocycles. The van der Waals surface area contributed by atoms with Gasteiger partial charge in [0.05, 0.1) is 19.1 Å². The second kappa shape index (κ2) is 7.42. The van der Waals surface area contributed by atoms with Gasteiger partial charge in [-0.25, -0.2) is 4.98 Å². The van der Waals surface area contributed by atoms with Crippen LogP contribution in [0.4, 0.5) is 0 Å². The van der Waals surface area contributed by atoms with Gasteiger partial charge in [0.25, 0.3) is 0 Å². The van der Waals surface area contributed by atoms with Crippen LogP contribution < -0.4 is 10.1 Å². The summed E-state index contributed by atoms with van der Waals surface area (Å²) in [6.07, 6.45) is 5.85. The summed E-state index contributed by atoms with van der Waals surface area (Å²) >= 11 is 0. The summed E-state index contributed by atoms with van der Waals surface area (Å²) in [5, 5.41) is 4.01. The van der Waals surface area contributed by atoms with E-state index in [0.29, 0.717) is 13.0 Å². The second-order valence-corrected chi connectivity index (χ2v) is 5.96. The number of benzene rings is 1. The summed E-state index contributed by atoms with van der Waals surface area (Å²) in [7, 11) is 0. The van der Waals surface area contributed by atoms with Gasteiger partial charge >= 0.3 is 0 Å². The largest absolute Gasteiger partial charge is 0.493 e. The number of amides is 1. The molecule has 3 aromatic rings. The van der Waals surface area contributed by atoms with Crippen LogP contribution in [-0.4, -0.2) is 27.0 Å². The predicted molar refractivity (Wildman–Crippen MR) is 97.6 cm³/mol. The van der Waals surface area contributed by atoms with Gasteiger partial charge in [-0.3, -0.25) is 4.79 Å². The zero-order valence-corrected chi connectivity index (χ0v) is 14.9. The number of imidazole rings is 1. The Labute approximate surface area is 147 Å². The van der Waals surface area contributed by atoms with Gasteiger partial charge in [0.1, 0.15) is 11.6 Å². The first-order chi connectivity index (χ1) is 12.1. The number of nitrogens with zero attached hydrogens (tertiary/aromatic N) is 2. The number of aromatic nitrogens is 3. The van der Waals surface area contributed by atoms with Crippen LogP contribution in [0, 0.1) is 0 Å². The van der Waals surface area contributed by atoms with E-state index < -0.39 is 0 Å². The maximum atomic E-state index is 12.5. The summed E-state index contributed by atoms with van der Waals surface area (Å²) < 4.78 is 7.74. The van der Waals surface area contributed by atoms with Crippen LogP contribution in [0.3, 0.4) is 0 Å². The number of carbonyl (C=O) groups is 1. The zero-order chi connectivity index (χ0) is 17.8. The summed E-state index contributed by atoms with van der Waals surface area (Å²) in [4.78, 5) is 20.1. The van der Waals surface area contributed by atoms with E-state index in [0.717, 1.165) is 34.6 Å². The van der Waals surface area contributed by atoms with Crippen LogP contribution in [-0.2, 0) is 17.8 Å². The molecule has 1 amide bonds. The number of carbonyl (C=O) groups excluding carboxylic acids is 1. The van der Waals surface area contributed by atoms with Crippen molar-refractivity contribution in [3.05, 3.63) is 48.2 Å². The molecule has 1 atom stereocenters. The number of aromatic amines is 1.